The Morgan fingerprint density at radius 1 is 0.309 bits per heavy atom. The molecule has 0 spiro atoms. The van der Waals surface area contributed by atoms with Crippen molar-refractivity contribution in [1.82, 2.24) is 0 Å². The molecule has 0 aliphatic heterocycles. The lowest BCUT2D eigenvalue weighted by molar-refractivity contribution is 0.660. The maximum absolute atomic E-state index is 2.48. The number of nitrogens with zero attached hydrogens (tertiary/aromatic N) is 1. The first-order chi connectivity index (χ1) is 26.8. The largest absolute Gasteiger partial charge is 0.310 e. The Bertz CT molecular complexity index is 2740. The van der Waals surface area contributed by atoms with Crippen LogP contribution in [0.5, 0.6) is 0 Å². The number of benzene rings is 8. The van der Waals surface area contributed by atoms with Gasteiger partial charge in [-0.05, 0) is 103 Å². The quantitative estimate of drug-likeness (QED) is 0.166. The molecule has 0 atom stereocenters. The Hall–Kier alpha value is -6.44. The Labute approximate surface area is 325 Å². The van der Waals surface area contributed by atoms with Gasteiger partial charge in [0, 0.05) is 27.8 Å². The molecule has 55 heavy (non-hydrogen) atoms. The number of rotatable bonds is 6. The zero-order chi connectivity index (χ0) is 37.3. The molecule has 1 nitrogen and oxygen atoms in total. The molecule has 0 radical (unpaired) electrons. The molecule has 0 fully saturated rings. The van der Waals surface area contributed by atoms with E-state index in [0.717, 1.165) is 11.4 Å². The van der Waals surface area contributed by atoms with Crippen molar-refractivity contribution < 1.29 is 0 Å². The second-order valence-electron chi connectivity index (χ2n) is 16.1. The van der Waals surface area contributed by atoms with Gasteiger partial charge in [-0.3, -0.25) is 0 Å². The molecule has 0 amide bonds. The van der Waals surface area contributed by atoms with Crippen LogP contribution in [0.3, 0.4) is 0 Å². The maximum Gasteiger partial charge on any atom is 0.0543 e. The van der Waals surface area contributed by atoms with Crippen molar-refractivity contribution in [3.05, 3.63) is 210 Å². The molecule has 0 saturated carbocycles. The zero-order valence-electron chi connectivity index (χ0n) is 31.8. The van der Waals surface area contributed by atoms with Gasteiger partial charge in [0.2, 0.25) is 0 Å². The van der Waals surface area contributed by atoms with Crippen LogP contribution < -0.4 is 4.90 Å². The van der Waals surface area contributed by atoms with E-state index in [0.29, 0.717) is 0 Å². The Balaban J connectivity index is 1.18. The van der Waals surface area contributed by atoms with E-state index in [2.05, 4.69) is 221 Å². The summed E-state index contributed by atoms with van der Waals surface area (Å²) in [6.07, 6.45) is 0. The maximum atomic E-state index is 2.48. The molecule has 8 aromatic rings. The first kappa shape index (κ1) is 33.2. The van der Waals surface area contributed by atoms with Gasteiger partial charge >= 0.3 is 0 Å². The van der Waals surface area contributed by atoms with Gasteiger partial charge in [0.1, 0.15) is 0 Å². The summed E-state index contributed by atoms with van der Waals surface area (Å²) in [5.74, 6) is 0. The van der Waals surface area contributed by atoms with E-state index >= 15 is 0 Å². The molecule has 0 heterocycles. The highest BCUT2D eigenvalue weighted by atomic mass is 15.1. The second kappa shape index (κ2) is 12.6. The Morgan fingerprint density at radius 2 is 0.764 bits per heavy atom. The van der Waals surface area contributed by atoms with E-state index in [-0.39, 0.29) is 10.8 Å². The van der Waals surface area contributed by atoms with Crippen LogP contribution in [0.4, 0.5) is 17.1 Å². The molecule has 0 saturated heterocycles. The third-order valence-corrected chi connectivity index (χ3v) is 12.3. The van der Waals surface area contributed by atoms with Crippen LogP contribution in [0.2, 0.25) is 0 Å². The van der Waals surface area contributed by atoms with Crippen molar-refractivity contribution in [3.63, 3.8) is 0 Å². The molecular formula is C54H43N. The van der Waals surface area contributed by atoms with Gasteiger partial charge < -0.3 is 4.90 Å². The number of hydrogen-bond acceptors (Lipinski definition) is 1. The van der Waals surface area contributed by atoms with E-state index in [9.17, 15) is 0 Å². The van der Waals surface area contributed by atoms with Crippen LogP contribution in [-0.2, 0) is 10.8 Å². The van der Waals surface area contributed by atoms with Gasteiger partial charge in [-0.2, -0.15) is 0 Å². The first-order valence-electron chi connectivity index (χ1n) is 19.4. The number of anilines is 3. The fourth-order valence-corrected chi connectivity index (χ4v) is 9.53. The third kappa shape index (κ3) is 5.14. The van der Waals surface area contributed by atoms with Crippen molar-refractivity contribution >= 4 is 17.1 Å². The topological polar surface area (TPSA) is 3.24 Å². The SMILES string of the molecule is CC1(C)c2ccccc2-c2c(-c3ccc(N(c4ccc(-c5ccccc5)c(-c5ccccc5)c4)c4cccc5c4-c4ccccc4C5(C)C)cc3)cccc21. The van der Waals surface area contributed by atoms with Crippen LogP contribution in [0.1, 0.15) is 49.9 Å². The van der Waals surface area contributed by atoms with E-state index in [4.69, 9.17) is 0 Å². The van der Waals surface area contributed by atoms with Gasteiger partial charge in [0.05, 0.1) is 5.69 Å². The van der Waals surface area contributed by atoms with Gasteiger partial charge in [-0.15, -0.1) is 0 Å². The van der Waals surface area contributed by atoms with Crippen LogP contribution in [0.15, 0.2) is 188 Å². The van der Waals surface area contributed by atoms with Gasteiger partial charge in [-0.25, -0.2) is 0 Å². The normalized spacial score (nSPS) is 14.1. The lowest BCUT2D eigenvalue weighted by Gasteiger charge is -2.30. The van der Waals surface area contributed by atoms with Crippen LogP contribution in [0.25, 0.3) is 55.6 Å². The van der Waals surface area contributed by atoms with Crippen LogP contribution >= 0.6 is 0 Å². The summed E-state index contributed by atoms with van der Waals surface area (Å²) in [5, 5.41) is 0. The third-order valence-electron chi connectivity index (χ3n) is 12.3. The molecule has 10 rings (SSSR count). The zero-order valence-corrected chi connectivity index (χ0v) is 31.8. The predicted octanol–water partition coefficient (Wildman–Crippen LogP) is 14.8. The lowest BCUT2D eigenvalue weighted by Crippen LogP contribution is -2.16. The summed E-state index contributed by atoms with van der Waals surface area (Å²) < 4.78 is 0. The summed E-state index contributed by atoms with van der Waals surface area (Å²) in [4.78, 5) is 2.48. The summed E-state index contributed by atoms with van der Waals surface area (Å²) in [6, 6.07) is 69.5. The molecular weight excluding hydrogens is 663 g/mol. The molecule has 0 aromatic heterocycles. The average Bonchev–Trinajstić information content (AvgIpc) is 3.62. The van der Waals surface area contributed by atoms with Gasteiger partial charge in [0.15, 0.2) is 0 Å². The average molecular weight is 706 g/mol. The van der Waals surface area contributed by atoms with Gasteiger partial charge in [0.25, 0.3) is 0 Å². The minimum absolute atomic E-state index is 0.0429. The number of fused-ring (bicyclic) bond motifs is 6. The van der Waals surface area contributed by atoms with E-state index in [1.807, 2.05) is 0 Å². The minimum atomic E-state index is -0.110. The Morgan fingerprint density at radius 3 is 1.40 bits per heavy atom. The smallest absolute Gasteiger partial charge is 0.0543 e. The molecule has 8 aromatic carbocycles. The van der Waals surface area contributed by atoms with Crippen molar-refractivity contribution in [2.24, 2.45) is 0 Å². The highest BCUT2D eigenvalue weighted by Crippen LogP contribution is 2.55. The monoisotopic (exact) mass is 705 g/mol. The predicted molar refractivity (Wildman–Crippen MR) is 233 cm³/mol. The highest BCUT2D eigenvalue weighted by molar-refractivity contribution is 5.98. The van der Waals surface area contributed by atoms with Crippen molar-refractivity contribution in [1.29, 1.82) is 0 Å². The summed E-state index contributed by atoms with van der Waals surface area (Å²) in [6.45, 7) is 9.43. The van der Waals surface area contributed by atoms with Crippen molar-refractivity contribution in [2.45, 2.75) is 38.5 Å². The van der Waals surface area contributed by atoms with Gasteiger partial charge in [-0.1, -0.05) is 185 Å². The molecule has 1 heteroatoms. The molecule has 0 unspecified atom stereocenters. The Kier molecular flexibility index (Phi) is 7.58. The molecule has 0 N–H and O–H groups in total. The summed E-state index contributed by atoms with van der Waals surface area (Å²) >= 11 is 0. The fourth-order valence-electron chi connectivity index (χ4n) is 9.53. The van der Waals surface area contributed by atoms with Crippen molar-refractivity contribution in [3.8, 4) is 55.6 Å². The molecule has 264 valence electrons. The molecule has 0 bridgehead atoms. The lowest BCUT2D eigenvalue weighted by atomic mass is 9.82. The van der Waals surface area contributed by atoms with E-state index in [1.54, 1.807) is 0 Å². The number of hydrogen-bond donors (Lipinski definition) is 0. The van der Waals surface area contributed by atoms with Crippen molar-refractivity contribution in [2.75, 3.05) is 4.90 Å². The minimum Gasteiger partial charge on any atom is -0.310 e. The van der Waals surface area contributed by atoms with Crippen LogP contribution in [0, 0.1) is 0 Å². The summed E-state index contributed by atoms with van der Waals surface area (Å²) in [7, 11) is 0. The summed E-state index contributed by atoms with van der Waals surface area (Å²) in [5.41, 5.74) is 21.5. The first-order valence-corrected chi connectivity index (χ1v) is 19.4. The fraction of sp³-hybridized carbons (Fsp3) is 0.111. The standard InChI is InChI=1S/C54H43N/c1-53(2)46-24-13-11-21-43(46)51-42(23-15-26-48(51)53)38-29-31-39(32-30-38)55(50-28-16-27-49-52(50)44-22-12-14-25-47(44)54(49,3)4)40-33-34-41(36-17-7-5-8-18-36)45(35-40)37-19-9-6-10-20-37/h5-35H,1-4H3. The molecule has 2 aliphatic carbocycles. The highest BCUT2D eigenvalue weighted by Gasteiger charge is 2.38. The second-order valence-corrected chi connectivity index (χ2v) is 16.1. The van der Waals surface area contributed by atoms with E-state index in [1.165, 1.54) is 83.6 Å². The van der Waals surface area contributed by atoms with E-state index < -0.39 is 0 Å². The van der Waals surface area contributed by atoms with Crippen LogP contribution in [-0.4, -0.2) is 0 Å². The molecule has 2 aliphatic rings.